The quantitative estimate of drug-likeness (QED) is 0.619. The van der Waals surface area contributed by atoms with E-state index in [-0.39, 0.29) is 18.4 Å². The molecular weight excluding hydrogens is 386 g/mol. The molecule has 0 fully saturated rings. The highest BCUT2D eigenvalue weighted by Crippen LogP contribution is 2.40. The van der Waals surface area contributed by atoms with Gasteiger partial charge in [0.25, 0.3) is 0 Å². The van der Waals surface area contributed by atoms with Gasteiger partial charge in [0, 0.05) is 23.1 Å². The average Bonchev–Trinajstić information content (AvgIpc) is 2.64. The normalized spacial score (nSPS) is 17.1. The fraction of sp³-hybridized carbons (Fsp3) is 0.333. The second kappa shape index (κ2) is 8.83. The Balaban J connectivity index is 2.06. The fourth-order valence-electron chi connectivity index (χ4n) is 3.76. The van der Waals surface area contributed by atoms with Crippen LogP contribution in [0.1, 0.15) is 49.8 Å². The molecular formula is C24H26ClNO3. The summed E-state index contributed by atoms with van der Waals surface area (Å²) in [7, 11) is 0. The summed E-state index contributed by atoms with van der Waals surface area (Å²) in [6.45, 7) is 7.88. The number of amides is 1. The van der Waals surface area contributed by atoms with Gasteiger partial charge in [0.2, 0.25) is 5.91 Å². The van der Waals surface area contributed by atoms with Crippen LogP contribution >= 0.6 is 11.6 Å². The number of benzene rings is 2. The maximum Gasteiger partial charge on any atom is 0.336 e. The van der Waals surface area contributed by atoms with Gasteiger partial charge in [0.1, 0.15) is 0 Å². The summed E-state index contributed by atoms with van der Waals surface area (Å²) in [6, 6.07) is 15.4. The van der Waals surface area contributed by atoms with Crippen LogP contribution in [0.25, 0.3) is 0 Å². The summed E-state index contributed by atoms with van der Waals surface area (Å²) >= 11 is 6.41. The first kappa shape index (κ1) is 21.1. The van der Waals surface area contributed by atoms with Crippen molar-refractivity contribution < 1.29 is 14.3 Å². The topological polar surface area (TPSA) is 46.6 Å². The fourth-order valence-corrected chi connectivity index (χ4v) is 4.03. The minimum absolute atomic E-state index is 0.0324. The van der Waals surface area contributed by atoms with Crippen molar-refractivity contribution in [2.75, 3.05) is 0 Å². The largest absolute Gasteiger partial charge is 0.460 e. The van der Waals surface area contributed by atoms with Crippen molar-refractivity contribution in [3.63, 3.8) is 0 Å². The van der Waals surface area contributed by atoms with Crippen molar-refractivity contribution in [2.24, 2.45) is 0 Å². The summed E-state index contributed by atoms with van der Waals surface area (Å²) < 4.78 is 5.53. The molecule has 0 aliphatic carbocycles. The van der Waals surface area contributed by atoms with E-state index in [0.29, 0.717) is 22.8 Å². The van der Waals surface area contributed by atoms with Gasteiger partial charge in [-0.25, -0.2) is 4.79 Å². The van der Waals surface area contributed by atoms with Gasteiger partial charge in [-0.05, 0) is 44.9 Å². The Labute approximate surface area is 177 Å². The molecule has 152 valence electrons. The van der Waals surface area contributed by atoms with Crippen LogP contribution in [0, 0.1) is 6.92 Å². The average molecular weight is 412 g/mol. The SMILES string of the molecule is CC1=C(C(=O)OC(C)C)[C@H](c2ccccc2Cl)CC(=O)N1Cc1cccc(C)c1. The van der Waals surface area contributed by atoms with Crippen LogP contribution < -0.4 is 0 Å². The van der Waals surface area contributed by atoms with E-state index in [1.807, 2.05) is 70.2 Å². The van der Waals surface area contributed by atoms with Crippen molar-refractivity contribution in [3.05, 3.63) is 81.5 Å². The third-order valence-electron chi connectivity index (χ3n) is 5.09. The first-order valence-electron chi connectivity index (χ1n) is 9.80. The van der Waals surface area contributed by atoms with Gasteiger partial charge in [-0.3, -0.25) is 4.79 Å². The maximum atomic E-state index is 13.1. The predicted molar refractivity (Wildman–Crippen MR) is 114 cm³/mol. The zero-order valence-electron chi connectivity index (χ0n) is 17.2. The van der Waals surface area contributed by atoms with Crippen LogP contribution in [-0.4, -0.2) is 22.9 Å². The van der Waals surface area contributed by atoms with E-state index in [0.717, 1.165) is 16.7 Å². The first-order chi connectivity index (χ1) is 13.8. The van der Waals surface area contributed by atoms with Gasteiger partial charge in [-0.1, -0.05) is 59.6 Å². The Morgan fingerprint density at radius 3 is 2.55 bits per heavy atom. The monoisotopic (exact) mass is 411 g/mol. The lowest BCUT2D eigenvalue weighted by Crippen LogP contribution is -2.38. The van der Waals surface area contributed by atoms with Crippen LogP contribution in [0.5, 0.6) is 0 Å². The van der Waals surface area contributed by atoms with E-state index in [9.17, 15) is 9.59 Å². The Bertz CT molecular complexity index is 964. The number of hydrogen-bond donors (Lipinski definition) is 0. The molecule has 1 atom stereocenters. The standard InChI is InChI=1S/C24H26ClNO3/c1-15(2)29-24(28)23-17(4)26(14-18-9-7-8-16(3)12-18)22(27)13-20(23)19-10-5-6-11-21(19)25/h5-12,15,20H,13-14H2,1-4H3/t20-/m0/s1. The van der Waals surface area contributed by atoms with Crippen molar-refractivity contribution in [1.29, 1.82) is 0 Å². The number of aryl methyl sites for hydroxylation is 1. The van der Waals surface area contributed by atoms with Crippen LogP contribution in [0.4, 0.5) is 0 Å². The third-order valence-corrected chi connectivity index (χ3v) is 5.43. The molecule has 1 heterocycles. The molecule has 29 heavy (non-hydrogen) atoms. The van der Waals surface area contributed by atoms with E-state index in [4.69, 9.17) is 16.3 Å². The molecule has 1 amide bonds. The summed E-state index contributed by atoms with van der Waals surface area (Å²) in [5.74, 6) is -0.851. The Morgan fingerprint density at radius 2 is 1.90 bits per heavy atom. The van der Waals surface area contributed by atoms with Crippen molar-refractivity contribution in [1.82, 2.24) is 4.90 Å². The minimum atomic E-state index is -0.420. The summed E-state index contributed by atoms with van der Waals surface area (Å²) in [6.07, 6.45) is -0.0763. The molecule has 0 spiro atoms. The second-order valence-corrected chi connectivity index (χ2v) is 8.11. The molecule has 0 saturated heterocycles. The minimum Gasteiger partial charge on any atom is -0.460 e. The number of nitrogens with zero attached hydrogens (tertiary/aromatic N) is 1. The van der Waals surface area contributed by atoms with Crippen molar-refractivity contribution in [3.8, 4) is 0 Å². The predicted octanol–water partition coefficient (Wildman–Crippen LogP) is 5.39. The Hall–Kier alpha value is -2.59. The van der Waals surface area contributed by atoms with Crippen LogP contribution in [0.3, 0.4) is 0 Å². The van der Waals surface area contributed by atoms with Crippen LogP contribution in [0.15, 0.2) is 59.8 Å². The Kier molecular flexibility index (Phi) is 6.43. The molecule has 4 nitrogen and oxygen atoms in total. The molecule has 3 rings (SSSR count). The number of hydrogen-bond acceptors (Lipinski definition) is 3. The maximum absolute atomic E-state index is 13.1. The number of carbonyl (C=O) groups is 2. The second-order valence-electron chi connectivity index (χ2n) is 7.70. The number of carbonyl (C=O) groups excluding carboxylic acids is 2. The smallest absolute Gasteiger partial charge is 0.336 e. The molecule has 0 saturated carbocycles. The van der Waals surface area contributed by atoms with Gasteiger partial charge in [0.05, 0.1) is 18.2 Å². The molecule has 2 aromatic rings. The van der Waals surface area contributed by atoms with E-state index < -0.39 is 11.9 Å². The lowest BCUT2D eigenvalue weighted by Gasteiger charge is -2.35. The lowest BCUT2D eigenvalue weighted by atomic mass is 9.83. The van der Waals surface area contributed by atoms with E-state index >= 15 is 0 Å². The lowest BCUT2D eigenvalue weighted by molar-refractivity contribution is -0.143. The van der Waals surface area contributed by atoms with Gasteiger partial charge >= 0.3 is 5.97 Å². The van der Waals surface area contributed by atoms with Crippen molar-refractivity contribution in [2.45, 2.75) is 52.7 Å². The van der Waals surface area contributed by atoms with Crippen LogP contribution in [0.2, 0.25) is 5.02 Å². The Morgan fingerprint density at radius 1 is 1.17 bits per heavy atom. The summed E-state index contributed by atoms with van der Waals surface area (Å²) in [4.78, 5) is 27.8. The highest BCUT2D eigenvalue weighted by molar-refractivity contribution is 6.31. The van der Waals surface area contributed by atoms with E-state index in [2.05, 4.69) is 0 Å². The molecule has 5 heteroatoms. The molecule has 0 radical (unpaired) electrons. The van der Waals surface area contributed by atoms with Gasteiger partial charge in [-0.15, -0.1) is 0 Å². The van der Waals surface area contributed by atoms with Gasteiger partial charge in [-0.2, -0.15) is 0 Å². The summed E-state index contributed by atoms with van der Waals surface area (Å²) in [5.41, 5.74) is 4.04. The molecule has 0 unspecified atom stereocenters. The van der Waals surface area contributed by atoms with E-state index in [1.54, 1.807) is 11.0 Å². The highest BCUT2D eigenvalue weighted by Gasteiger charge is 2.37. The number of halogens is 1. The highest BCUT2D eigenvalue weighted by atomic mass is 35.5. The van der Waals surface area contributed by atoms with Gasteiger partial charge in [0.15, 0.2) is 0 Å². The van der Waals surface area contributed by atoms with Gasteiger partial charge < -0.3 is 9.64 Å². The van der Waals surface area contributed by atoms with Crippen LogP contribution in [-0.2, 0) is 20.9 Å². The number of ether oxygens (including phenoxy) is 1. The first-order valence-corrected chi connectivity index (χ1v) is 10.2. The molecule has 0 N–H and O–H groups in total. The van der Waals surface area contributed by atoms with Crippen molar-refractivity contribution >= 4 is 23.5 Å². The zero-order chi connectivity index (χ0) is 21.1. The molecule has 0 bridgehead atoms. The number of esters is 1. The summed E-state index contributed by atoms with van der Waals surface area (Å²) in [5, 5.41) is 0.542. The number of rotatable bonds is 5. The third kappa shape index (κ3) is 4.70. The molecule has 0 aromatic heterocycles. The molecule has 1 aliphatic rings. The number of allylic oxidation sites excluding steroid dienone is 1. The molecule has 2 aromatic carbocycles. The molecule has 1 aliphatic heterocycles. The van der Waals surface area contributed by atoms with E-state index in [1.165, 1.54) is 0 Å². The zero-order valence-corrected chi connectivity index (χ0v) is 18.0.